The van der Waals surface area contributed by atoms with E-state index in [0.717, 1.165) is 11.1 Å². The lowest BCUT2D eigenvalue weighted by Gasteiger charge is -2.24. The second-order valence-corrected chi connectivity index (χ2v) is 5.99. The number of benzene rings is 2. The molecule has 0 saturated carbocycles. The third kappa shape index (κ3) is 3.25. The number of allylic oxidation sites excluding steroid dienone is 1. The topological polar surface area (TPSA) is 52.0 Å². The smallest absolute Gasteiger partial charge is 0.453 e. The lowest BCUT2D eigenvalue weighted by molar-refractivity contribution is -0.145. The zero-order valence-electron chi connectivity index (χ0n) is 14.2. The number of halogens is 3. The van der Waals surface area contributed by atoms with Crippen molar-refractivity contribution in [2.45, 2.75) is 12.2 Å². The zero-order chi connectivity index (χ0) is 19.0. The van der Waals surface area contributed by atoms with Gasteiger partial charge < -0.3 is 10.1 Å². The first-order valence-corrected chi connectivity index (χ1v) is 8.17. The highest BCUT2D eigenvalue weighted by atomic mass is 19.4. The molecule has 2 heterocycles. The minimum atomic E-state index is -4.62. The number of nitrogens with zero attached hydrogens (tertiary/aromatic N) is 3. The number of hydrogen-bond acceptors (Lipinski definition) is 4. The Kier molecular flexibility index (Phi) is 4.10. The van der Waals surface area contributed by atoms with Gasteiger partial charge in [-0.2, -0.15) is 18.2 Å². The summed E-state index contributed by atoms with van der Waals surface area (Å²) in [6, 6.07) is 15.9. The average Bonchev–Trinajstić information content (AvgIpc) is 3.13. The molecule has 1 aromatic heterocycles. The van der Waals surface area contributed by atoms with Gasteiger partial charge in [-0.15, -0.1) is 5.10 Å². The Morgan fingerprint density at radius 3 is 2.37 bits per heavy atom. The maximum atomic E-state index is 13.1. The van der Waals surface area contributed by atoms with Crippen LogP contribution in [0, 0.1) is 0 Å². The Morgan fingerprint density at radius 1 is 1.04 bits per heavy atom. The summed E-state index contributed by atoms with van der Waals surface area (Å²) in [5.41, 5.74) is 2.29. The third-order valence-corrected chi connectivity index (χ3v) is 4.26. The highest BCUT2D eigenvalue weighted by molar-refractivity contribution is 5.77. The van der Waals surface area contributed by atoms with Crippen LogP contribution in [0.4, 0.5) is 19.1 Å². The van der Waals surface area contributed by atoms with Gasteiger partial charge in [-0.1, -0.05) is 42.5 Å². The number of aromatic nitrogens is 3. The Labute approximate surface area is 153 Å². The molecular weight excluding hydrogens is 357 g/mol. The first kappa shape index (κ1) is 17.1. The van der Waals surface area contributed by atoms with E-state index >= 15 is 0 Å². The predicted octanol–water partition coefficient (Wildman–Crippen LogP) is 4.36. The van der Waals surface area contributed by atoms with Crippen LogP contribution in [0.3, 0.4) is 0 Å². The number of rotatable bonds is 3. The van der Waals surface area contributed by atoms with E-state index in [0.29, 0.717) is 11.4 Å². The summed E-state index contributed by atoms with van der Waals surface area (Å²) in [5.74, 6) is -0.467. The van der Waals surface area contributed by atoms with E-state index in [-0.39, 0.29) is 5.95 Å². The van der Waals surface area contributed by atoms with E-state index in [1.807, 2.05) is 36.4 Å². The van der Waals surface area contributed by atoms with Gasteiger partial charge in [-0.3, -0.25) is 0 Å². The molecule has 1 atom stereocenters. The van der Waals surface area contributed by atoms with Crippen LogP contribution >= 0.6 is 0 Å². The van der Waals surface area contributed by atoms with Crippen molar-refractivity contribution >= 4 is 11.6 Å². The third-order valence-electron chi connectivity index (χ3n) is 4.26. The van der Waals surface area contributed by atoms with E-state index in [9.17, 15) is 13.2 Å². The van der Waals surface area contributed by atoms with Crippen molar-refractivity contribution in [1.29, 1.82) is 0 Å². The van der Waals surface area contributed by atoms with Crippen LogP contribution in [0.1, 0.15) is 23.0 Å². The molecule has 0 aliphatic carbocycles. The standard InChI is InChI=1S/C19H15F3N4O/c1-27-14-9-7-13(8-10-14)16-11-15(12-5-3-2-4-6-12)23-18-24-17(19(20,21)22)25-26(16)18/h2-11,16H,1H3,(H,23,24,25). The molecular formula is C19H15F3N4O. The van der Waals surface area contributed by atoms with Crippen molar-refractivity contribution in [2.75, 3.05) is 12.4 Å². The van der Waals surface area contributed by atoms with Crippen LogP contribution in [-0.2, 0) is 6.18 Å². The number of hydrogen-bond donors (Lipinski definition) is 1. The van der Waals surface area contributed by atoms with Crippen molar-refractivity contribution in [3.05, 3.63) is 77.6 Å². The van der Waals surface area contributed by atoms with Crippen LogP contribution in [0.2, 0.25) is 0 Å². The van der Waals surface area contributed by atoms with Crippen molar-refractivity contribution in [3.63, 3.8) is 0 Å². The maximum absolute atomic E-state index is 13.1. The van der Waals surface area contributed by atoms with Crippen molar-refractivity contribution in [2.24, 2.45) is 0 Å². The van der Waals surface area contributed by atoms with Gasteiger partial charge in [0, 0.05) is 5.70 Å². The molecule has 0 amide bonds. The van der Waals surface area contributed by atoms with Crippen LogP contribution < -0.4 is 10.1 Å². The largest absolute Gasteiger partial charge is 0.497 e. The van der Waals surface area contributed by atoms with Crippen LogP contribution in [0.15, 0.2) is 60.7 Å². The Morgan fingerprint density at radius 2 is 1.74 bits per heavy atom. The van der Waals surface area contributed by atoms with E-state index in [1.54, 1.807) is 31.4 Å². The Balaban J connectivity index is 1.82. The molecule has 0 spiro atoms. The summed E-state index contributed by atoms with van der Waals surface area (Å²) >= 11 is 0. The van der Waals surface area contributed by atoms with E-state index in [1.165, 1.54) is 4.68 Å². The second kappa shape index (κ2) is 6.46. The van der Waals surface area contributed by atoms with E-state index in [2.05, 4.69) is 15.4 Å². The van der Waals surface area contributed by atoms with Gasteiger partial charge in [-0.25, -0.2) is 4.68 Å². The summed E-state index contributed by atoms with van der Waals surface area (Å²) in [7, 11) is 1.55. The molecule has 1 N–H and O–H groups in total. The fraction of sp³-hybridized carbons (Fsp3) is 0.158. The molecule has 1 aliphatic heterocycles. The summed E-state index contributed by atoms with van der Waals surface area (Å²) < 4.78 is 45.8. The molecule has 5 nitrogen and oxygen atoms in total. The van der Waals surface area contributed by atoms with E-state index < -0.39 is 18.0 Å². The highest BCUT2D eigenvalue weighted by Gasteiger charge is 2.39. The van der Waals surface area contributed by atoms with Crippen molar-refractivity contribution in [1.82, 2.24) is 14.8 Å². The monoisotopic (exact) mass is 372 g/mol. The molecule has 4 rings (SSSR count). The minimum absolute atomic E-state index is 0.0458. The van der Waals surface area contributed by atoms with Gasteiger partial charge >= 0.3 is 6.18 Å². The number of methoxy groups -OCH3 is 1. The van der Waals surface area contributed by atoms with Crippen LogP contribution in [-0.4, -0.2) is 21.9 Å². The Hall–Kier alpha value is -3.29. The molecule has 1 aliphatic rings. The number of ether oxygens (including phenoxy) is 1. The SMILES string of the molecule is COc1ccc(C2C=C(c3ccccc3)Nc3nc(C(F)(F)F)nn32)cc1. The number of anilines is 1. The second-order valence-electron chi connectivity index (χ2n) is 5.99. The molecule has 1 unspecified atom stereocenters. The van der Waals surface area contributed by atoms with Crippen LogP contribution in [0.5, 0.6) is 5.75 Å². The molecule has 0 radical (unpaired) electrons. The summed E-state index contributed by atoms with van der Waals surface area (Å²) in [6.07, 6.45) is -2.79. The Bertz CT molecular complexity index is 978. The average molecular weight is 372 g/mol. The van der Waals surface area contributed by atoms with Crippen LogP contribution in [0.25, 0.3) is 5.70 Å². The number of alkyl halides is 3. The fourth-order valence-electron chi connectivity index (χ4n) is 2.94. The number of nitrogens with one attached hydrogen (secondary N) is 1. The maximum Gasteiger partial charge on any atom is 0.453 e. The molecule has 0 fully saturated rings. The zero-order valence-corrected chi connectivity index (χ0v) is 14.2. The normalized spacial score (nSPS) is 16.3. The predicted molar refractivity (Wildman–Crippen MR) is 94.2 cm³/mol. The summed E-state index contributed by atoms with van der Waals surface area (Å²) in [4.78, 5) is 3.66. The molecule has 2 aromatic carbocycles. The molecule has 8 heteroatoms. The fourth-order valence-corrected chi connectivity index (χ4v) is 2.94. The molecule has 0 bridgehead atoms. The highest BCUT2D eigenvalue weighted by Crippen LogP contribution is 2.36. The van der Waals surface area contributed by atoms with Gasteiger partial charge in [-0.05, 0) is 29.3 Å². The van der Waals surface area contributed by atoms with Crippen molar-refractivity contribution < 1.29 is 17.9 Å². The lowest BCUT2D eigenvalue weighted by atomic mass is 10.0. The first-order chi connectivity index (χ1) is 13.0. The van der Waals surface area contributed by atoms with Gasteiger partial charge in [0.05, 0.1) is 7.11 Å². The van der Waals surface area contributed by atoms with Gasteiger partial charge in [0.1, 0.15) is 11.8 Å². The summed E-state index contributed by atoms with van der Waals surface area (Å²) in [6.45, 7) is 0. The van der Waals surface area contributed by atoms with Gasteiger partial charge in [0.2, 0.25) is 5.95 Å². The van der Waals surface area contributed by atoms with E-state index in [4.69, 9.17) is 4.74 Å². The molecule has 0 saturated heterocycles. The molecule has 3 aromatic rings. The summed E-state index contributed by atoms with van der Waals surface area (Å²) in [5, 5.41) is 6.65. The van der Waals surface area contributed by atoms with Gasteiger partial charge in [0.15, 0.2) is 0 Å². The lowest BCUT2D eigenvalue weighted by Crippen LogP contribution is -2.20. The molecule has 27 heavy (non-hydrogen) atoms. The molecule has 138 valence electrons. The van der Waals surface area contributed by atoms with Gasteiger partial charge in [0.25, 0.3) is 5.82 Å². The van der Waals surface area contributed by atoms with Crippen molar-refractivity contribution in [3.8, 4) is 5.75 Å². The quantitative estimate of drug-likeness (QED) is 0.742. The number of fused-ring (bicyclic) bond motifs is 1. The first-order valence-electron chi connectivity index (χ1n) is 8.17. The minimum Gasteiger partial charge on any atom is -0.497 e.